The fourth-order valence-corrected chi connectivity index (χ4v) is 4.55. The maximum Gasteiger partial charge on any atom is 0.218 e. The number of halogens is 1. The zero-order valence-corrected chi connectivity index (χ0v) is 14.7. The van der Waals surface area contributed by atoms with E-state index < -0.39 is 27.1 Å². The Morgan fingerprint density at radius 1 is 1.16 bits per heavy atom. The van der Waals surface area contributed by atoms with Crippen molar-refractivity contribution in [3.8, 4) is 0 Å². The molecule has 1 N–H and O–H groups in total. The molecule has 0 bridgehead atoms. The average Bonchev–Trinajstić information content (AvgIpc) is 2.98. The molecule has 1 aliphatic rings. The Kier molecular flexibility index (Phi) is 5.48. The third-order valence-corrected chi connectivity index (χ3v) is 6.17. The average molecular weight is 364 g/mol. The molecule has 0 spiro atoms. The highest BCUT2D eigenvalue weighted by atomic mass is 32.2. The second-order valence-electron chi connectivity index (χ2n) is 6.02. The van der Waals surface area contributed by atoms with Crippen molar-refractivity contribution in [1.29, 1.82) is 0 Å². The highest BCUT2D eigenvalue weighted by Crippen LogP contribution is 2.34. The van der Waals surface area contributed by atoms with E-state index in [0.29, 0.717) is 12.0 Å². The number of benzene rings is 2. The first-order valence-corrected chi connectivity index (χ1v) is 9.66. The first-order chi connectivity index (χ1) is 12.0. The Balaban J connectivity index is 1.73. The van der Waals surface area contributed by atoms with E-state index in [1.807, 2.05) is 30.3 Å². The molecule has 1 fully saturated rings. The van der Waals surface area contributed by atoms with E-state index in [1.165, 1.54) is 11.1 Å². The fourth-order valence-electron chi connectivity index (χ4n) is 3.06. The molecule has 1 saturated heterocycles. The zero-order chi connectivity index (χ0) is 17.9. The first-order valence-electron chi connectivity index (χ1n) is 8.11. The van der Waals surface area contributed by atoms with Gasteiger partial charge in [0.15, 0.2) is 0 Å². The van der Waals surface area contributed by atoms with Crippen molar-refractivity contribution in [3.63, 3.8) is 0 Å². The van der Waals surface area contributed by atoms with Crippen molar-refractivity contribution in [2.45, 2.75) is 17.7 Å². The molecule has 0 amide bonds. The number of hydrogen-bond acceptors (Lipinski definition) is 4. The number of hydroxylamine groups is 2. The lowest BCUT2D eigenvalue weighted by Gasteiger charge is -2.23. The van der Waals surface area contributed by atoms with Gasteiger partial charge in [0.2, 0.25) is 10.0 Å². The van der Waals surface area contributed by atoms with Crippen LogP contribution in [0.1, 0.15) is 17.2 Å². The number of nitrogens with zero attached hydrogens (tertiary/aromatic N) is 1. The molecule has 134 valence electrons. The van der Waals surface area contributed by atoms with Gasteiger partial charge in [0.1, 0.15) is 11.1 Å². The summed E-state index contributed by atoms with van der Waals surface area (Å²) < 4.78 is 42.2. The van der Waals surface area contributed by atoms with Crippen LogP contribution in [0.5, 0.6) is 0 Å². The van der Waals surface area contributed by atoms with Crippen LogP contribution in [0.4, 0.5) is 4.39 Å². The predicted molar refractivity (Wildman–Crippen MR) is 93.7 cm³/mol. The van der Waals surface area contributed by atoms with Crippen LogP contribution in [0, 0.1) is 5.82 Å². The molecule has 0 aromatic heterocycles. The molecule has 2 aromatic rings. The second-order valence-corrected chi connectivity index (χ2v) is 8.01. The molecule has 25 heavy (non-hydrogen) atoms. The minimum atomic E-state index is -3.66. The summed E-state index contributed by atoms with van der Waals surface area (Å²) in [7, 11) is -2.04. The highest BCUT2D eigenvalue weighted by Gasteiger charge is 2.43. The minimum absolute atomic E-state index is 0.00380. The quantitative estimate of drug-likeness (QED) is 0.854. The maximum atomic E-state index is 14.2. The Hall–Kier alpha value is -1.80. The third-order valence-electron chi connectivity index (χ3n) is 4.37. The van der Waals surface area contributed by atoms with E-state index >= 15 is 0 Å². The van der Waals surface area contributed by atoms with E-state index in [0.717, 1.165) is 5.56 Å². The van der Waals surface area contributed by atoms with Crippen LogP contribution in [0.3, 0.4) is 0 Å². The summed E-state index contributed by atoms with van der Waals surface area (Å²) in [6.45, 7) is 0.284. The number of hydrogen-bond donors (Lipinski definition) is 1. The van der Waals surface area contributed by atoms with Crippen LogP contribution in [0.25, 0.3) is 0 Å². The third kappa shape index (κ3) is 4.07. The summed E-state index contributed by atoms with van der Waals surface area (Å²) in [5, 5.41) is 0.546. The zero-order valence-electron chi connectivity index (χ0n) is 13.9. The Bertz CT molecular complexity index is 814. The van der Waals surface area contributed by atoms with E-state index in [4.69, 9.17) is 4.84 Å². The lowest BCUT2D eigenvalue weighted by molar-refractivity contribution is -0.111. The van der Waals surface area contributed by atoms with Gasteiger partial charge >= 0.3 is 0 Å². The molecule has 1 aliphatic heterocycles. The smallest absolute Gasteiger partial charge is 0.218 e. The predicted octanol–water partition coefficient (Wildman–Crippen LogP) is 2.27. The van der Waals surface area contributed by atoms with Gasteiger partial charge < -0.3 is 0 Å². The SMILES string of the molecule is CN1OC[C@@H](S(=O)(=O)NCCc2ccccc2)[C@H]1c1ccccc1F. The lowest BCUT2D eigenvalue weighted by Crippen LogP contribution is -2.40. The van der Waals surface area contributed by atoms with Gasteiger partial charge in [-0.05, 0) is 18.1 Å². The fraction of sp³-hybridized carbons (Fsp3) is 0.333. The number of rotatable bonds is 6. The summed E-state index contributed by atoms with van der Waals surface area (Å²) in [6, 6.07) is 15.1. The van der Waals surface area contributed by atoms with Crippen molar-refractivity contribution in [2.24, 2.45) is 0 Å². The molecule has 0 aliphatic carbocycles. The molecule has 5 nitrogen and oxygen atoms in total. The normalized spacial score (nSPS) is 21.5. The molecule has 3 rings (SSSR count). The van der Waals surface area contributed by atoms with Gasteiger partial charge in [-0.1, -0.05) is 48.5 Å². The molecule has 2 aromatic carbocycles. The lowest BCUT2D eigenvalue weighted by atomic mass is 10.0. The van der Waals surface area contributed by atoms with Crippen LogP contribution in [0.2, 0.25) is 0 Å². The molecule has 0 saturated carbocycles. The van der Waals surface area contributed by atoms with Crippen molar-refractivity contribution >= 4 is 10.0 Å². The summed E-state index contributed by atoms with van der Waals surface area (Å²) in [5.74, 6) is -0.436. The summed E-state index contributed by atoms with van der Waals surface area (Å²) in [5.41, 5.74) is 1.37. The molecular weight excluding hydrogens is 343 g/mol. The Labute approximate surface area is 147 Å². The van der Waals surface area contributed by atoms with Gasteiger partial charge in [-0.25, -0.2) is 17.5 Å². The number of nitrogens with one attached hydrogen (secondary N) is 1. The van der Waals surface area contributed by atoms with Gasteiger partial charge in [-0.3, -0.25) is 4.84 Å². The van der Waals surface area contributed by atoms with Crippen LogP contribution in [-0.2, 0) is 21.3 Å². The molecule has 1 heterocycles. The van der Waals surface area contributed by atoms with E-state index in [-0.39, 0.29) is 13.2 Å². The second kappa shape index (κ2) is 7.61. The first kappa shape index (κ1) is 18.0. The monoisotopic (exact) mass is 364 g/mol. The Morgan fingerprint density at radius 2 is 1.84 bits per heavy atom. The van der Waals surface area contributed by atoms with Crippen molar-refractivity contribution in [3.05, 3.63) is 71.5 Å². The molecule has 2 atom stereocenters. The summed E-state index contributed by atoms with van der Waals surface area (Å²) >= 11 is 0. The van der Waals surface area contributed by atoms with Crippen LogP contribution < -0.4 is 4.72 Å². The topological polar surface area (TPSA) is 58.6 Å². The molecule has 7 heteroatoms. The maximum absolute atomic E-state index is 14.2. The van der Waals surface area contributed by atoms with Crippen molar-refractivity contribution in [1.82, 2.24) is 9.79 Å². The van der Waals surface area contributed by atoms with Gasteiger partial charge in [0, 0.05) is 19.2 Å². The van der Waals surface area contributed by atoms with E-state index in [1.54, 1.807) is 25.2 Å². The minimum Gasteiger partial charge on any atom is -0.297 e. The number of sulfonamides is 1. The van der Waals surface area contributed by atoms with Crippen LogP contribution in [0.15, 0.2) is 54.6 Å². The molecular formula is C18H21FN2O3S. The molecule has 0 radical (unpaired) electrons. The standard InChI is InChI=1S/C18H21FN2O3S/c1-21-18(15-9-5-6-10-16(15)19)17(13-24-21)25(22,23)20-12-11-14-7-3-2-4-8-14/h2-10,17-18,20H,11-13H2,1H3/t17-,18-/m1/s1. The van der Waals surface area contributed by atoms with Crippen molar-refractivity contribution < 1.29 is 17.6 Å². The van der Waals surface area contributed by atoms with E-state index in [9.17, 15) is 12.8 Å². The summed E-state index contributed by atoms with van der Waals surface area (Å²) in [6.07, 6.45) is 0.591. The van der Waals surface area contributed by atoms with Crippen molar-refractivity contribution in [2.75, 3.05) is 20.2 Å². The van der Waals surface area contributed by atoms with Gasteiger partial charge in [-0.2, -0.15) is 5.06 Å². The van der Waals surface area contributed by atoms with Gasteiger partial charge in [0.25, 0.3) is 0 Å². The van der Waals surface area contributed by atoms with E-state index in [2.05, 4.69) is 4.72 Å². The molecule has 0 unspecified atom stereocenters. The van der Waals surface area contributed by atoms with Gasteiger partial charge in [-0.15, -0.1) is 0 Å². The Morgan fingerprint density at radius 3 is 2.56 bits per heavy atom. The van der Waals surface area contributed by atoms with Crippen LogP contribution in [-0.4, -0.2) is 38.9 Å². The largest absolute Gasteiger partial charge is 0.297 e. The highest BCUT2D eigenvalue weighted by molar-refractivity contribution is 7.90. The van der Waals surface area contributed by atoms with Crippen LogP contribution >= 0.6 is 0 Å². The summed E-state index contributed by atoms with van der Waals surface area (Å²) in [4.78, 5) is 5.39. The van der Waals surface area contributed by atoms with Gasteiger partial charge in [0.05, 0.1) is 12.6 Å².